The molecule has 1 aliphatic rings. The highest BCUT2D eigenvalue weighted by Crippen LogP contribution is 2.26. The predicted octanol–water partition coefficient (Wildman–Crippen LogP) is 3.98. The van der Waals surface area contributed by atoms with Crippen LogP contribution in [0.2, 0.25) is 0 Å². The SMILES string of the molecule is CN(Cc1nc(N)c2ccc(N3CCCCC3)cc2n1)c1cccc(F)c1. The molecular weight excluding hydrogens is 341 g/mol. The molecule has 0 spiro atoms. The zero-order valence-electron chi connectivity index (χ0n) is 15.5. The van der Waals surface area contributed by atoms with E-state index in [1.54, 1.807) is 6.07 Å². The van der Waals surface area contributed by atoms with Crippen molar-refractivity contribution in [2.75, 3.05) is 35.7 Å². The molecule has 1 aliphatic heterocycles. The van der Waals surface area contributed by atoms with Gasteiger partial charge in [0.05, 0.1) is 12.1 Å². The van der Waals surface area contributed by atoms with Gasteiger partial charge >= 0.3 is 0 Å². The van der Waals surface area contributed by atoms with E-state index >= 15 is 0 Å². The number of piperidine rings is 1. The van der Waals surface area contributed by atoms with Gasteiger partial charge in [0.2, 0.25) is 0 Å². The molecule has 4 rings (SSSR count). The number of nitrogens with zero attached hydrogens (tertiary/aromatic N) is 4. The van der Waals surface area contributed by atoms with Crippen molar-refractivity contribution in [3.8, 4) is 0 Å². The van der Waals surface area contributed by atoms with E-state index in [1.807, 2.05) is 24.1 Å². The van der Waals surface area contributed by atoms with E-state index in [4.69, 9.17) is 10.7 Å². The molecule has 0 radical (unpaired) electrons. The Morgan fingerprint density at radius 2 is 1.89 bits per heavy atom. The minimum atomic E-state index is -0.260. The first kappa shape index (κ1) is 17.5. The molecule has 5 nitrogen and oxygen atoms in total. The fourth-order valence-corrected chi connectivity index (χ4v) is 3.63. The largest absolute Gasteiger partial charge is 0.383 e. The Kier molecular flexibility index (Phi) is 4.79. The average Bonchev–Trinajstić information content (AvgIpc) is 2.68. The van der Waals surface area contributed by atoms with E-state index in [0.29, 0.717) is 18.2 Å². The van der Waals surface area contributed by atoms with Crippen molar-refractivity contribution < 1.29 is 4.39 Å². The summed E-state index contributed by atoms with van der Waals surface area (Å²) in [6, 6.07) is 12.7. The zero-order valence-corrected chi connectivity index (χ0v) is 15.5. The van der Waals surface area contributed by atoms with Crippen LogP contribution in [0.5, 0.6) is 0 Å². The Morgan fingerprint density at radius 3 is 2.67 bits per heavy atom. The molecular formula is C21H24FN5. The van der Waals surface area contributed by atoms with Gasteiger partial charge < -0.3 is 15.5 Å². The molecule has 3 aromatic rings. The molecule has 0 atom stereocenters. The third-order valence-corrected chi connectivity index (χ3v) is 5.11. The standard InChI is InChI=1S/C21H24FN5/c1-26(16-7-5-6-15(22)12-16)14-20-24-19-13-17(27-10-3-2-4-11-27)8-9-18(19)21(23)25-20/h5-9,12-13H,2-4,10-11,14H2,1H3,(H2,23,24,25). The molecule has 2 aromatic carbocycles. The number of halogens is 1. The van der Waals surface area contributed by atoms with Gasteiger partial charge in [0.15, 0.2) is 5.82 Å². The second-order valence-corrected chi connectivity index (χ2v) is 7.11. The summed E-state index contributed by atoms with van der Waals surface area (Å²) >= 11 is 0. The number of fused-ring (bicyclic) bond motifs is 1. The summed E-state index contributed by atoms with van der Waals surface area (Å²) < 4.78 is 13.5. The summed E-state index contributed by atoms with van der Waals surface area (Å²) in [6.07, 6.45) is 3.76. The van der Waals surface area contributed by atoms with Crippen LogP contribution in [0.15, 0.2) is 42.5 Å². The highest BCUT2D eigenvalue weighted by atomic mass is 19.1. The summed E-state index contributed by atoms with van der Waals surface area (Å²) in [5, 5.41) is 0.868. The van der Waals surface area contributed by atoms with Gasteiger partial charge in [-0.15, -0.1) is 0 Å². The summed E-state index contributed by atoms with van der Waals surface area (Å²) in [5.74, 6) is 0.847. The van der Waals surface area contributed by atoms with Crippen molar-refractivity contribution in [1.82, 2.24) is 9.97 Å². The lowest BCUT2D eigenvalue weighted by atomic mass is 10.1. The van der Waals surface area contributed by atoms with Crippen LogP contribution in [0.1, 0.15) is 25.1 Å². The maximum Gasteiger partial charge on any atom is 0.150 e. The van der Waals surface area contributed by atoms with Crippen LogP contribution < -0.4 is 15.5 Å². The molecule has 1 saturated heterocycles. The molecule has 0 amide bonds. The van der Waals surface area contributed by atoms with Gasteiger partial charge in [-0.3, -0.25) is 0 Å². The number of rotatable bonds is 4. The van der Waals surface area contributed by atoms with Crippen molar-refractivity contribution in [1.29, 1.82) is 0 Å². The third-order valence-electron chi connectivity index (χ3n) is 5.11. The van der Waals surface area contributed by atoms with Gasteiger partial charge in [0.25, 0.3) is 0 Å². The van der Waals surface area contributed by atoms with E-state index in [1.165, 1.54) is 37.1 Å². The van der Waals surface area contributed by atoms with Crippen LogP contribution in [-0.4, -0.2) is 30.1 Å². The van der Waals surface area contributed by atoms with Crippen molar-refractivity contribution in [2.24, 2.45) is 0 Å². The first-order chi connectivity index (χ1) is 13.1. The Morgan fingerprint density at radius 1 is 1.07 bits per heavy atom. The zero-order chi connectivity index (χ0) is 18.8. The number of anilines is 3. The maximum atomic E-state index is 13.5. The monoisotopic (exact) mass is 365 g/mol. The van der Waals surface area contributed by atoms with Gasteiger partial charge in [0.1, 0.15) is 11.6 Å². The lowest BCUT2D eigenvalue weighted by molar-refractivity contribution is 0.578. The van der Waals surface area contributed by atoms with Crippen molar-refractivity contribution in [3.05, 3.63) is 54.1 Å². The third kappa shape index (κ3) is 3.79. The van der Waals surface area contributed by atoms with Gasteiger partial charge in [-0.25, -0.2) is 14.4 Å². The van der Waals surface area contributed by atoms with Crippen LogP contribution in [0.4, 0.5) is 21.6 Å². The van der Waals surface area contributed by atoms with E-state index in [2.05, 4.69) is 22.0 Å². The Balaban J connectivity index is 1.63. The molecule has 0 unspecified atom stereocenters. The number of nitrogen functional groups attached to an aromatic ring is 1. The van der Waals surface area contributed by atoms with Gasteiger partial charge in [-0.2, -0.15) is 0 Å². The van der Waals surface area contributed by atoms with Crippen LogP contribution in [-0.2, 0) is 6.54 Å². The second kappa shape index (κ2) is 7.39. The summed E-state index contributed by atoms with van der Waals surface area (Å²) in [7, 11) is 1.89. The van der Waals surface area contributed by atoms with Gasteiger partial charge in [-0.05, 0) is 55.7 Å². The summed E-state index contributed by atoms with van der Waals surface area (Å²) in [6.45, 7) is 2.63. The molecule has 2 N–H and O–H groups in total. The molecule has 1 aromatic heterocycles. The first-order valence-electron chi connectivity index (χ1n) is 9.38. The van der Waals surface area contributed by atoms with Crippen LogP contribution in [0.25, 0.3) is 10.9 Å². The minimum absolute atomic E-state index is 0.260. The Bertz CT molecular complexity index is 952. The number of hydrogen-bond acceptors (Lipinski definition) is 5. The number of hydrogen-bond donors (Lipinski definition) is 1. The fraction of sp³-hybridized carbons (Fsp3) is 0.333. The molecule has 27 heavy (non-hydrogen) atoms. The van der Waals surface area contributed by atoms with Crippen molar-refractivity contribution >= 4 is 28.1 Å². The normalized spacial score (nSPS) is 14.5. The van der Waals surface area contributed by atoms with Crippen molar-refractivity contribution in [2.45, 2.75) is 25.8 Å². The fourth-order valence-electron chi connectivity index (χ4n) is 3.63. The van der Waals surface area contributed by atoms with Crippen molar-refractivity contribution in [3.63, 3.8) is 0 Å². The molecule has 0 saturated carbocycles. The Hall–Kier alpha value is -2.89. The van der Waals surface area contributed by atoms with E-state index in [9.17, 15) is 4.39 Å². The maximum absolute atomic E-state index is 13.5. The molecule has 2 heterocycles. The van der Waals surface area contributed by atoms with E-state index in [-0.39, 0.29) is 5.82 Å². The number of benzene rings is 2. The molecule has 6 heteroatoms. The highest BCUT2D eigenvalue weighted by Gasteiger charge is 2.14. The smallest absolute Gasteiger partial charge is 0.150 e. The van der Waals surface area contributed by atoms with E-state index < -0.39 is 0 Å². The summed E-state index contributed by atoms with van der Waals surface area (Å²) in [5.41, 5.74) is 9.00. The predicted molar refractivity (Wildman–Crippen MR) is 109 cm³/mol. The van der Waals surface area contributed by atoms with Crippen LogP contribution >= 0.6 is 0 Å². The molecule has 1 fully saturated rings. The second-order valence-electron chi connectivity index (χ2n) is 7.11. The van der Waals surface area contributed by atoms with Crippen LogP contribution in [0.3, 0.4) is 0 Å². The number of aromatic nitrogens is 2. The van der Waals surface area contributed by atoms with E-state index in [0.717, 1.165) is 29.7 Å². The lowest BCUT2D eigenvalue weighted by Crippen LogP contribution is -2.29. The molecule has 0 aliphatic carbocycles. The molecule has 140 valence electrons. The minimum Gasteiger partial charge on any atom is -0.383 e. The lowest BCUT2D eigenvalue weighted by Gasteiger charge is -2.29. The van der Waals surface area contributed by atoms with Crippen LogP contribution in [0, 0.1) is 5.82 Å². The quantitative estimate of drug-likeness (QED) is 0.758. The van der Waals surface area contributed by atoms with Gasteiger partial charge in [-0.1, -0.05) is 6.07 Å². The highest BCUT2D eigenvalue weighted by molar-refractivity contribution is 5.90. The molecule has 0 bridgehead atoms. The number of nitrogens with two attached hydrogens (primary N) is 1. The Labute approximate surface area is 158 Å². The topological polar surface area (TPSA) is 58.3 Å². The first-order valence-corrected chi connectivity index (χ1v) is 9.38. The van der Waals surface area contributed by atoms with Gasteiger partial charge in [0, 0.05) is 36.9 Å². The average molecular weight is 365 g/mol. The summed E-state index contributed by atoms with van der Waals surface area (Å²) in [4.78, 5) is 13.5.